The van der Waals surface area contributed by atoms with Crippen LogP contribution in [0.25, 0.3) is 0 Å². The lowest BCUT2D eigenvalue weighted by Crippen LogP contribution is -2.23. The van der Waals surface area contributed by atoms with Crippen molar-refractivity contribution in [3.63, 3.8) is 0 Å². The summed E-state index contributed by atoms with van der Waals surface area (Å²) in [5.41, 5.74) is 0.624. The van der Waals surface area contributed by atoms with Crippen LogP contribution in [0.2, 0.25) is 0 Å². The number of ether oxygens (including phenoxy) is 1. The predicted molar refractivity (Wildman–Crippen MR) is 69.7 cm³/mol. The smallest absolute Gasteiger partial charge is 0.311 e. The summed E-state index contributed by atoms with van der Waals surface area (Å²) in [6.45, 7) is 10.1. The van der Waals surface area contributed by atoms with Crippen molar-refractivity contribution in [2.45, 2.75) is 47.5 Å². The van der Waals surface area contributed by atoms with Gasteiger partial charge in [0.05, 0.1) is 5.41 Å². The van der Waals surface area contributed by atoms with E-state index < -0.39 is 5.41 Å². The Morgan fingerprint density at radius 2 is 2.00 bits per heavy atom. The normalized spacial score (nSPS) is 14.6. The van der Waals surface area contributed by atoms with E-state index in [0.717, 1.165) is 18.4 Å². The van der Waals surface area contributed by atoms with Crippen LogP contribution in [0.3, 0.4) is 0 Å². The van der Waals surface area contributed by atoms with Crippen molar-refractivity contribution in [2.75, 3.05) is 13.2 Å². The molecule has 1 atom stereocenters. The third-order valence-electron chi connectivity index (χ3n) is 2.51. The highest BCUT2D eigenvalue weighted by molar-refractivity contribution is 5.75. The summed E-state index contributed by atoms with van der Waals surface area (Å²) in [7, 11) is 0. The van der Waals surface area contributed by atoms with Crippen LogP contribution in [0, 0.1) is 11.3 Å². The van der Waals surface area contributed by atoms with Crippen LogP contribution in [0.1, 0.15) is 47.5 Å². The van der Waals surface area contributed by atoms with Gasteiger partial charge in [0.15, 0.2) is 0 Å². The summed E-state index contributed by atoms with van der Waals surface area (Å²) in [6, 6.07) is 0. The topological polar surface area (TPSA) is 46.5 Å². The molecular formula is C14H26O3. The number of aliphatic hydroxyl groups is 1. The second-order valence-electron chi connectivity index (χ2n) is 5.74. The van der Waals surface area contributed by atoms with Gasteiger partial charge in [0.25, 0.3) is 0 Å². The van der Waals surface area contributed by atoms with E-state index in [1.165, 1.54) is 0 Å². The molecule has 0 aromatic carbocycles. The van der Waals surface area contributed by atoms with E-state index >= 15 is 0 Å². The number of esters is 1. The van der Waals surface area contributed by atoms with Crippen molar-refractivity contribution in [1.29, 1.82) is 0 Å². The van der Waals surface area contributed by atoms with Gasteiger partial charge in [0.2, 0.25) is 0 Å². The molecule has 0 aliphatic rings. The quantitative estimate of drug-likeness (QED) is 0.575. The second kappa shape index (κ2) is 7.49. The van der Waals surface area contributed by atoms with Crippen molar-refractivity contribution in [2.24, 2.45) is 11.3 Å². The number of carbonyl (C=O) groups is 1. The minimum Gasteiger partial charge on any atom is -0.461 e. The van der Waals surface area contributed by atoms with Gasteiger partial charge >= 0.3 is 5.97 Å². The summed E-state index contributed by atoms with van der Waals surface area (Å²) in [4.78, 5) is 11.5. The Kier molecular flexibility index (Phi) is 7.12. The molecule has 0 saturated carbocycles. The first-order valence-electron chi connectivity index (χ1n) is 6.21. The molecule has 0 spiro atoms. The molecule has 0 bridgehead atoms. The molecule has 17 heavy (non-hydrogen) atoms. The molecule has 0 fully saturated rings. The van der Waals surface area contributed by atoms with E-state index in [4.69, 9.17) is 9.84 Å². The molecule has 100 valence electrons. The van der Waals surface area contributed by atoms with Crippen LogP contribution in [0.4, 0.5) is 0 Å². The summed E-state index contributed by atoms with van der Waals surface area (Å²) in [6.07, 6.45) is 3.95. The van der Waals surface area contributed by atoms with Crippen LogP contribution < -0.4 is 0 Å². The van der Waals surface area contributed by atoms with Crippen LogP contribution in [-0.2, 0) is 9.53 Å². The zero-order chi connectivity index (χ0) is 13.5. The van der Waals surface area contributed by atoms with Gasteiger partial charge < -0.3 is 9.84 Å². The SMILES string of the molecule is CC(=CCCC(C)CO)COC(=O)C(C)(C)C. The van der Waals surface area contributed by atoms with Crippen LogP contribution >= 0.6 is 0 Å². The van der Waals surface area contributed by atoms with E-state index in [0.29, 0.717) is 12.5 Å². The molecule has 1 unspecified atom stereocenters. The van der Waals surface area contributed by atoms with Crippen molar-refractivity contribution >= 4 is 5.97 Å². The standard InChI is InChI=1S/C14H26O3/c1-11(9-15)7-6-8-12(2)10-17-13(16)14(3,4)5/h8,11,15H,6-7,9-10H2,1-5H3. The highest BCUT2D eigenvalue weighted by atomic mass is 16.5. The summed E-state index contributed by atoms with van der Waals surface area (Å²) < 4.78 is 5.20. The zero-order valence-electron chi connectivity index (χ0n) is 11.7. The first-order valence-corrected chi connectivity index (χ1v) is 6.21. The fraction of sp³-hybridized carbons (Fsp3) is 0.786. The van der Waals surface area contributed by atoms with Gasteiger partial charge in [-0.3, -0.25) is 4.79 Å². The molecule has 0 rings (SSSR count). The Labute approximate surface area is 105 Å². The molecule has 0 amide bonds. The minimum atomic E-state index is -0.439. The van der Waals surface area contributed by atoms with E-state index in [2.05, 4.69) is 6.08 Å². The monoisotopic (exact) mass is 242 g/mol. The first-order chi connectivity index (χ1) is 7.77. The number of allylic oxidation sites excluding steroid dienone is 1. The lowest BCUT2D eigenvalue weighted by Gasteiger charge is -2.16. The number of hydrogen-bond acceptors (Lipinski definition) is 3. The highest BCUT2D eigenvalue weighted by Crippen LogP contribution is 2.16. The molecule has 0 aromatic rings. The fourth-order valence-corrected chi connectivity index (χ4v) is 1.16. The molecule has 3 heteroatoms. The summed E-state index contributed by atoms with van der Waals surface area (Å²) in [5.74, 6) is 0.158. The van der Waals surface area contributed by atoms with E-state index in [1.807, 2.05) is 34.6 Å². The zero-order valence-corrected chi connectivity index (χ0v) is 11.7. The molecule has 0 saturated heterocycles. The minimum absolute atomic E-state index is 0.172. The third kappa shape index (κ3) is 7.97. The van der Waals surface area contributed by atoms with Crippen molar-refractivity contribution in [1.82, 2.24) is 0 Å². The molecule has 3 nitrogen and oxygen atoms in total. The van der Waals surface area contributed by atoms with Gasteiger partial charge in [-0.15, -0.1) is 0 Å². The number of carbonyl (C=O) groups excluding carboxylic acids is 1. The number of aliphatic hydroxyl groups excluding tert-OH is 1. The average molecular weight is 242 g/mol. The van der Waals surface area contributed by atoms with Crippen molar-refractivity contribution < 1.29 is 14.6 Å². The Morgan fingerprint density at radius 1 is 1.41 bits per heavy atom. The van der Waals surface area contributed by atoms with E-state index in [1.54, 1.807) is 0 Å². The first kappa shape index (κ1) is 16.2. The van der Waals surface area contributed by atoms with Gasteiger partial charge in [-0.1, -0.05) is 13.0 Å². The summed E-state index contributed by atoms with van der Waals surface area (Å²) >= 11 is 0. The van der Waals surface area contributed by atoms with Crippen LogP contribution in [0.15, 0.2) is 11.6 Å². The van der Waals surface area contributed by atoms with Gasteiger partial charge in [-0.25, -0.2) is 0 Å². The maximum Gasteiger partial charge on any atom is 0.311 e. The molecular weight excluding hydrogens is 216 g/mol. The molecule has 0 aliphatic carbocycles. The molecule has 0 aliphatic heterocycles. The third-order valence-corrected chi connectivity index (χ3v) is 2.51. The molecule has 0 heterocycles. The van der Waals surface area contributed by atoms with Gasteiger partial charge in [0.1, 0.15) is 6.61 Å². The van der Waals surface area contributed by atoms with Gasteiger partial charge in [-0.2, -0.15) is 0 Å². The lowest BCUT2D eigenvalue weighted by atomic mass is 9.97. The van der Waals surface area contributed by atoms with Crippen LogP contribution in [-0.4, -0.2) is 24.3 Å². The number of rotatable bonds is 6. The maximum atomic E-state index is 11.5. The van der Waals surface area contributed by atoms with Gasteiger partial charge in [0, 0.05) is 6.61 Å². The van der Waals surface area contributed by atoms with E-state index in [9.17, 15) is 4.79 Å². The molecule has 1 N–H and O–H groups in total. The van der Waals surface area contributed by atoms with Crippen molar-refractivity contribution in [3.8, 4) is 0 Å². The molecule has 0 radical (unpaired) electrons. The predicted octanol–water partition coefficient (Wildman–Crippen LogP) is 2.93. The Balaban J connectivity index is 3.90. The second-order valence-corrected chi connectivity index (χ2v) is 5.74. The number of hydrogen-bond donors (Lipinski definition) is 1. The van der Waals surface area contributed by atoms with Crippen molar-refractivity contribution in [3.05, 3.63) is 11.6 Å². The Morgan fingerprint density at radius 3 is 2.47 bits per heavy atom. The average Bonchev–Trinajstić information content (AvgIpc) is 2.24. The lowest BCUT2D eigenvalue weighted by molar-refractivity contribution is -0.151. The molecule has 0 aromatic heterocycles. The Bertz CT molecular complexity index is 261. The fourth-order valence-electron chi connectivity index (χ4n) is 1.16. The Hall–Kier alpha value is -0.830. The highest BCUT2D eigenvalue weighted by Gasteiger charge is 2.22. The van der Waals surface area contributed by atoms with E-state index in [-0.39, 0.29) is 12.6 Å². The summed E-state index contributed by atoms with van der Waals surface area (Å²) in [5, 5.41) is 8.88. The largest absolute Gasteiger partial charge is 0.461 e. The van der Waals surface area contributed by atoms with Crippen LogP contribution in [0.5, 0.6) is 0 Å². The van der Waals surface area contributed by atoms with Gasteiger partial charge in [-0.05, 0) is 52.0 Å². The maximum absolute atomic E-state index is 11.5.